The molecule has 5 nitrogen and oxygen atoms in total. The van der Waals surface area contributed by atoms with Crippen LogP contribution < -0.4 is 17.1 Å². The normalized spacial score (nSPS) is 10.2. The molecule has 0 atom stereocenters. The lowest BCUT2D eigenvalue weighted by Crippen LogP contribution is -3.00. The van der Waals surface area contributed by atoms with Gasteiger partial charge >= 0.3 is 5.69 Å². The van der Waals surface area contributed by atoms with Gasteiger partial charge in [-0.2, -0.15) is 0 Å². The van der Waals surface area contributed by atoms with Crippen LogP contribution in [0.3, 0.4) is 0 Å². The average Bonchev–Trinajstić information content (AvgIpc) is 2.18. The van der Waals surface area contributed by atoms with E-state index in [4.69, 9.17) is 5.39 Å². The van der Waals surface area contributed by atoms with Crippen LogP contribution in [-0.4, -0.2) is 15.0 Å². The van der Waals surface area contributed by atoms with Gasteiger partial charge in [-0.05, 0) is 17.7 Å². The van der Waals surface area contributed by atoms with Gasteiger partial charge in [0.1, 0.15) is 0 Å². The molecule has 0 amide bonds. The van der Waals surface area contributed by atoms with Crippen molar-refractivity contribution in [3.63, 3.8) is 0 Å². The van der Waals surface area contributed by atoms with E-state index in [1.165, 1.54) is 0 Å². The Kier molecular flexibility index (Phi) is 5.96. The topological polar surface area (TPSA) is 74.3 Å². The summed E-state index contributed by atoms with van der Waals surface area (Å²) in [5.74, 6) is -0.0629. The molecule has 1 N–H and O–H groups in total. The number of hydrogen-bond acceptors (Lipinski definition) is 3. The summed E-state index contributed by atoms with van der Waals surface area (Å²) >= 11 is 0. The van der Waals surface area contributed by atoms with E-state index in [0.29, 0.717) is 17.8 Å². The second-order valence-electron chi connectivity index (χ2n) is 3.02. The monoisotopic (exact) mass is 261 g/mol. The average molecular weight is 262 g/mol. The summed E-state index contributed by atoms with van der Waals surface area (Å²) in [5, 5.41) is 8.44. The number of hydrogen-bond donors (Lipinski definition) is 1. The lowest BCUT2D eigenvalue weighted by atomic mass is 10.2. The highest BCUT2D eigenvalue weighted by atomic mass is 35.5. The first kappa shape index (κ1) is 14.8. The fraction of sp³-hybridized carbons (Fsp3) is 0.333. The van der Waals surface area contributed by atoms with Gasteiger partial charge in [0.25, 0.3) is 0 Å². The molecule has 0 spiro atoms. The third-order valence-corrected chi connectivity index (χ3v) is 3.21. The van der Waals surface area contributed by atoms with E-state index >= 15 is 0 Å². The molecule has 0 fully saturated rings. The fourth-order valence-corrected chi connectivity index (χ4v) is 2.32. The van der Waals surface area contributed by atoms with Crippen molar-refractivity contribution in [2.75, 3.05) is 6.54 Å². The first-order chi connectivity index (χ1) is 7.07. The Morgan fingerprint density at radius 3 is 2.31 bits per heavy atom. The standard InChI is InChI=1S/C9H12N3O2S.ClH/c1-2-11-15(13,14)7-8-3-5-9(12-10)6-4-8;/h3-6,11H,2,7H2,1H3;1H/q+1;/p-1. The second kappa shape index (κ2) is 6.43. The molecule has 0 unspecified atom stereocenters. The summed E-state index contributed by atoms with van der Waals surface area (Å²) in [4.78, 5) is 2.98. The molecule has 88 valence electrons. The van der Waals surface area contributed by atoms with Gasteiger partial charge in [-0.1, -0.05) is 6.92 Å². The van der Waals surface area contributed by atoms with Crippen LogP contribution in [0.5, 0.6) is 0 Å². The highest BCUT2D eigenvalue weighted by Gasteiger charge is 2.11. The number of nitrogens with zero attached hydrogens (tertiary/aromatic N) is 2. The van der Waals surface area contributed by atoms with Crippen LogP contribution in [0.15, 0.2) is 24.3 Å². The summed E-state index contributed by atoms with van der Waals surface area (Å²) in [5.41, 5.74) is 1.06. The Morgan fingerprint density at radius 2 is 1.88 bits per heavy atom. The van der Waals surface area contributed by atoms with E-state index in [0.717, 1.165) is 0 Å². The maximum Gasteiger partial charge on any atom is 0.385 e. The highest BCUT2D eigenvalue weighted by Crippen LogP contribution is 2.13. The minimum absolute atomic E-state index is 0. The quantitative estimate of drug-likeness (QED) is 0.679. The predicted molar refractivity (Wildman–Crippen MR) is 57.5 cm³/mol. The molecular formula is C9H12ClN3O2S. The van der Waals surface area contributed by atoms with Crippen molar-refractivity contribution >= 4 is 15.7 Å². The number of benzene rings is 1. The Bertz CT molecular complexity index is 465. The highest BCUT2D eigenvalue weighted by molar-refractivity contribution is 7.88. The largest absolute Gasteiger partial charge is 1.00 e. The Balaban J connectivity index is 0.00000225. The second-order valence-corrected chi connectivity index (χ2v) is 4.83. The molecule has 1 rings (SSSR count). The summed E-state index contributed by atoms with van der Waals surface area (Å²) < 4.78 is 25.1. The zero-order chi connectivity index (χ0) is 11.3. The lowest BCUT2D eigenvalue weighted by Gasteiger charge is -2.03. The molecule has 0 aromatic heterocycles. The smallest absolute Gasteiger partial charge is 0.385 e. The molecule has 0 heterocycles. The molecule has 1 aromatic rings. The van der Waals surface area contributed by atoms with Crippen molar-refractivity contribution in [1.29, 1.82) is 5.39 Å². The van der Waals surface area contributed by atoms with Gasteiger partial charge in [-0.3, -0.25) is 0 Å². The van der Waals surface area contributed by atoms with Crippen molar-refractivity contribution in [2.24, 2.45) is 0 Å². The molecule has 0 aliphatic heterocycles. The van der Waals surface area contributed by atoms with Crippen LogP contribution in [0.1, 0.15) is 12.5 Å². The summed E-state index contributed by atoms with van der Waals surface area (Å²) in [7, 11) is -3.25. The molecule has 0 bridgehead atoms. The van der Waals surface area contributed by atoms with E-state index in [1.807, 2.05) is 0 Å². The minimum Gasteiger partial charge on any atom is -1.00 e. The fourth-order valence-electron chi connectivity index (χ4n) is 1.15. The van der Waals surface area contributed by atoms with E-state index in [1.54, 1.807) is 31.2 Å². The van der Waals surface area contributed by atoms with Crippen molar-refractivity contribution in [3.8, 4) is 0 Å². The molecule has 7 heteroatoms. The van der Waals surface area contributed by atoms with Gasteiger partial charge in [-0.15, -0.1) is 0 Å². The molecule has 1 aromatic carbocycles. The van der Waals surface area contributed by atoms with E-state index in [9.17, 15) is 8.42 Å². The zero-order valence-corrected chi connectivity index (χ0v) is 10.3. The van der Waals surface area contributed by atoms with Gasteiger partial charge in [-0.25, -0.2) is 13.1 Å². The zero-order valence-electron chi connectivity index (χ0n) is 8.72. The van der Waals surface area contributed by atoms with Crippen molar-refractivity contribution < 1.29 is 20.8 Å². The van der Waals surface area contributed by atoms with Crippen LogP contribution in [0.25, 0.3) is 4.98 Å². The Labute approximate surface area is 101 Å². The lowest BCUT2D eigenvalue weighted by molar-refractivity contribution is -0.00000607. The minimum atomic E-state index is -3.25. The van der Waals surface area contributed by atoms with Crippen LogP contribution in [-0.2, 0) is 15.8 Å². The third-order valence-electron chi connectivity index (χ3n) is 1.77. The number of halogens is 1. The van der Waals surface area contributed by atoms with Crippen molar-refractivity contribution in [3.05, 3.63) is 34.8 Å². The maximum absolute atomic E-state index is 11.4. The van der Waals surface area contributed by atoms with Gasteiger partial charge in [0.05, 0.1) is 5.75 Å². The maximum atomic E-state index is 11.4. The summed E-state index contributed by atoms with van der Waals surface area (Å²) in [6, 6.07) is 6.33. The molecule has 16 heavy (non-hydrogen) atoms. The molecule has 0 aliphatic rings. The van der Waals surface area contributed by atoms with Crippen molar-refractivity contribution in [1.82, 2.24) is 4.72 Å². The van der Waals surface area contributed by atoms with Crippen molar-refractivity contribution in [2.45, 2.75) is 12.7 Å². The van der Waals surface area contributed by atoms with Crippen LogP contribution >= 0.6 is 0 Å². The first-order valence-electron chi connectivity index (χ1n) is 4.49. The molecule has 0 saturated carbocycles. The van der Waals surface area contributed by atoms with E-state index in [2.05, 4.69) is 9.70 Å². The Morgan fingerprint density at radius 1 is 1.31 bits per heavy atom. The van der Waals surface area contributed by atoms with Crippen LogP contribution in [0, 0.1) is 5.39 Å². The number of diazo groups is 1. The van der Waals surface area contributed by atoms with Crippen LogP contribution in [0.4, 0.5) is 5.69 Å². The Hall–Kier alpha value is -1.16. The van der Waals surface area contributed by atoms with Gasteiger partial charge < -0.3 is 12.4 Å². The SMILES string of the molecule is CCNS(=O)(=O)Cc1ccc([N+]#N)cc1.[Cl-]. The molecule has 0 aliphatic carbocycles. The van der Waals surface area contributed by atoms with Crippen LogP contribution in [0.2, 0.25) is 0 Å². The number of nitrogens with one attached hydrogen (secondary N) is 1. The molecular weight excluding hydrogens is 250 g/mol. The van der Waals surface area contributed by atoms with Gasteiger partial charge in [0, 0.05) is 18.7 Å². The van der Waals surface area contributed by atoms with Gasteiger partial charge in [0.2, 0.25) is 15.4 Å². The number of rotatable bonds is 4. The first-order valence-corrected chi connectivity index (χ1v) is 6.14. The van der Waals surface area contributed by atoms with E-state index in [-0.39, 0.29) is 18.2 Å². The predicted octanol–water partition coefficient (Wildman–Crippen LogP) is -1.39. The summed E-state index contributed by atoms with van der Waals surface area (Å²) in [6.45, 7) is 2.11. The molecule has 0 radical (unpaired) electrons. The molecule has 0 saturated heterocycles. The third kappa shape index (κ3) is 4.57. The van der Waals surface area contributed by atoms with Gasteiger partial charge in [0.15, 0.2) is 4.98 Å². The van der Waals surface area contributed by atoms with E-state index < -0.39 is 10.0 Å². The number of sulfonamides is 1. The summed E-state index contributed by atoms with van der Waals surface area (Å²) in [6.07, 6.45) is 0.